The van der Waals surface area contributed by atoms with Gasteiger partial charge in [0.1, 0.15) is 6.10 Å². The van der Waals surface area contributed by atoms with Crippen molar-refractivity contribution in [2.75, 3.05) is 40.1 Å². The van der Waals surface area contributed by atoms with Crippen molar-refractivity contribution in [3.8, 4) is 11.5 Å². The maximum Gasteiger partial charge on any atom is 0.179 e. The topological polar surface area (TPSA) is 69.2 Å². The van der Waals surface area contributed by atoms with E-state index in [1.54, 1.807) is 7.11 Å². The van der Waals surface area contributed by atoms with Gasteiger partial charge in [-0.1, -0.05) is 11.6 Å². The SMILES string of the molecule is CO[C@@H]1COC[C@@H](CNCc2cc(Cl)c3c(c2)OCCCO3)[C@@H]1O. The second-order valence-corrected chi connectivity index (χ2v) is 6.56. The number of rotatable bonds is 5. The number of nitrogens with one attached hydrogen (secondary N) is 1. The van der Waals surface area contributed by atoms with Crippen LogP contribution >= 0.6 is 11.6 Å². The van der Waals surface area contributed by atoms with Crippen molar-refractivity contribution in [3.63, 3.8) is 0 Å². The third-order valence-corrected chi connectivity index (χ3v) is 4.66. The maximum atomic E-state index is 10.3. The lowest BCUT2D eigenvalue weighted by Crippen LogP contribution is -2.48. The first-order valence-electron chi connectivity index (χ1n) is 8.26. The number of benzene rings is 1. The minimum atomic E-state index is -0.524. The molecule has 0 aromatic heterocycles. The van der Waals surface area contributed by atoms with Gasteiger partial charge in [0, 0.05) is 32.5 Å². The Balaban J connectivity index is 1.57. The van der Waals surface area contributed by atoms with Gasteiger partial charge in [0.25, 0.3) is 0 Å². The highest BCUT2D eigenvalue weighted by atomic mass is 35.5. The number of hydrogen-bond donors (Lipinski definition) is 2. The minimum absolute atomic E-state index is 0.000387. The van der Waals surface area contributed by atoms with Gasteiger partial charge in [0.15, 0.2) is 11.5 Å². The predicted octanol–water partition coefficient (Wildman–Crippen LogP) is 1.61. The molecule has 2 heterocycles. The molecule has 2 aliphatic heterocycles. The Morgan fingerprint density at radius 1 is 1.29 bits per heavy atom. The van der Waals surface area contributed by atoms with E-state index in [0.29, 0.717) is 56.0 Å². The van der Waals surface area contributed by atoms with Gasteiger partial charge in [-0.25, -0.2) is 0 Å². The highest BCUT2D eigenvalue weighted by molar-refractivity contribution is 6.32. The Kier molecular flexibility index (Phi) is 6.19. The van der Waals surface area contributed by atoms with E-state index < -0.39 is 6.10 Å². The summed E-state index contributed by atoms with van der Waals surface area (Å²) >= 11 is 6.30. The monoisotopic (exact) mass is 357 g/mol. The van der Waals surface area contributed by atoms with Crippen LogP contribution in [0.4, 0.5) is 0 Å². The molecule has 0 amide bonds. The zero-order valence-corrected chi connectivity index (χ0v) is 14.6. The van der Waals surface area contributed by atoms with Gasteiger partial charge in [-0.15, -0.1) is 0 Å². The molecule has 0 aliphatic carbocycles. The van der Waals surface area contributed by atoms with Gasteiger partial charge in [-0.3, -0.25) is 0 Å². The number of fused-ring (bicyclic) bond motifs is 1. The molecule has 134 valence electrons. The first-order valence-corrected chi connectivity index (χ1v) is 8.64. The van der Waals surface area contributed by atoms with E-state index in [1.165, 1.54) is 0 Å². The zero-order valence-electron chi connectivity index (χ0n) is 13.8. The Morgan fingerprint density at radius 2 is 2.12 bits per heavy atom. The molecule has 1 aromatic carbocycles. The molecule has 0 radical (unpaired) electrons. The molecule has 2 N–H and O–H groups in total. The normalized spacial score (nSPS) is 26.9. The first kappa shape index (κ1) is 17.8. The smallest absolute Gasteiger partial charge is 0.179 e. The third kappa shape index (κ3) is 4.13. The Bertz CT molecular complexity index is 556. The summed E-state index contributed by atoms with van der Waals surface area (Å²) in [4.78, 5) is 0. The number of hydrogen-bond acceptors (Lipinski definition) is 6. The highest BCUT2D eigenvalue weighted by Gasteiger charge is 2.32. The van der Waals surface area contributed by atoms with Crippen LogP contribution in [0.15, 0.2) is 12.1 Å². The molecular formula is C17H24ClNO5. The van der Waals surface area contributed by atoms with E-state index >= 15 is 0 Å². The molecule has 0 bridgehead atoms. The van der Waals surface area contributed by atoms with Gasteiger partial charge in [-0.05, 0) is 17.7 Å². The van der Waals surface area contributed by atoms with Crippen LogP contribution in [0.25, 0.3) is 0 Å². The standard InChI is InChI=1S/C17H24ClNO5/c1-21-15-10-22-9-12(16(15)20)8-19-7-11-5-13(18)17-14(6-11)23-3-2-4-24-17/h5-6,12,15-16,19-20H,2-4,7-10H2,1H3/t12-,15-,16+/m1/s1. The highest BCUT2D eigenvalue weighted by Crippen LogP contribution is 2.37. The van der Waals surface area contributed by atoms with Crippen LogP contribution in [0.2, 0.25) is 5.02 Å². The summed E-state index contributed by atoms with van der Waals surface area (Å²) in [5.41, 5.74) is 1.01. The van der Waals surface area contributed by atoms with Crippen molar-refractivity contribution in [3.05, 3.63) is 22.7 Å². The maximum absolute atomic E-state index is 10.3. The minimum Gasteiger partial charge on any atom is -0.489 e. The van der Waals surface area contributed by atoms with Gasteiger partial charge in [-0.2, -0.15) is 0 Å². The lowest BCUT2D eigenvalue weighted by molar-refractivity contribution is -0.133. The van der Waals surface area contributed by atoms with Crippen molar-refractivity contribution >= 4 is 11.6 Å². The van der Waals surface area contributed by atoms with Crippen molar-refractivity contribution < 1.29 is 24.1 Å². The molecule has 3 rings (SSSR count). The van der Waals surface area contributed by atoms with Crippen molar-refractivity contribution in [1.29, 1.82) is 0 Å². The molecule has 7 heteroatoms. The molecule has 1 saturated heterocycles. The molecule has 1 fully saturated rings. The Morgan fingerprint density at radius 3 is 2.96 bits per heavy atom. The molecule has 1 aromatic rings. The predicted molar refractivity (Wildman–Crippen MR) is 89.9 cm³/mol. The van der Waals surface area contributed by atoms with Crippen LogP contribution in [-0.2, 0) is 16.0 Å². The van der Waals surface area contributed by atoms with Crippen LogP contribution in [0.1, 0.15) is 12.0 Å². The van der Waals surface area contributed by atoms with Crippen LogP contribution in [0.3, 0.4) is 0 Å². The summed E-state index contributed by atoms with van der Waals surface area (Å²) in [7, 11) is 1.59. The lowest BCUT2D eigenvalue weighted by Gasteiger charge is -2.33. The van der Waals surface area contributed by atoms with E-state index in [1.807, 2.05) is 12.1 Å². The Hall–Kier alpha value is -1.05. The van der Waals surface area contributed by atoms with Crippen LogP contribution < -0.4 is 14.8 Å². The fraction of sp³-hybridized carbons (Fsp3) is 0.647. The average molecular weight is 358 g/mol. The van der Waals surface area contributed by atoms with Crippen LogP contribution in [-0.4, -0.2) is 57.4 Å². The zero-order chi connectivity index (χ0) is 16.9. The summed E-state index contributed by atoms with van der Waals surface area (Å²) in [5, 5.41) is 14.2. The van der Waals surface area contributed by atoms with E-state index in [9.17, 15) is 5.11 Å². The van der Waals surface area contributed by atoms with Gasteiger partial charge < -0.3 is 29.4 Å². The molecule has 0 saturated carbocycles. The molecule has 0 unspecified atom stereocenters. The van der Waals surface area contributed by atoms with E-state index in [0.717, 1.165) is 12.0 Å². The van der Waals surface area contributed by atoms with Gasteiger partial charge in [0.05, 0.1) is 37.6 Å². The number of halogens is 1. The van der Waals surface area contributed by atoms with E-state index in [2.05, 4.69) is 5.32 Å². The lowest BCUT2D eigenvalue weighted by atomic mass is 9.96. The second-order valence-electron chi connectivity index (χ2n) is 6.15. The quantitative estimate of drug-likeness (QED) is 0.834. The Labute approximate surface area is 147 Å². The summed E-state index contributed by atoms with van der Waals surface area (Å²) in [6.07, 6.45) is 0.0559. The summed E-state index contributed by atoms with van der Waals surface area (Å²) < 4.78 is 22.1. The van der Waals surface area contributed by atoms with E-state index in [4.69, 9.17) is 30.5 Å². The van der Waals surface area contributed by atoms with Gasteiger partial charge >= 0.3 is 0 Å². The largest absolute Gasteiger partial charge is 0.489 e. The number of aliphatic hydroxyl groups is 1. The molecule has 3 atom stereocenters. The number of methoxy groups -OCH3 is 1. The summed E-state index contributed by atoms with van der Waals surface area (Å²) in [5.74, 6) is 1.31. The van der Waals surface area contributed by atoms with Crippen LogP contribution in [0, 0.1) is 5.92 Å². The van der Waals surface area contributed by atoms with Crippen molar-refractivity contribution in [1.82, 2.24) is 5.32 Å². The van der Waals surface area contributed by atoms with Gasteiger partial charge in [0.2, 0.25) is 0 Å². The number of ether oxygens (including phenoxy) is 4. The van der Waals surface area contributed by atoms with Crippen molar-refractivity contribution in [2.45, 2.75) is 25.2 Å². The molecule has 0 spiro atoms. The molecule has 24 heavy (non-hydrogen) atoms. The summed E-state index contributed by atoms with van der Waals surface area (Å²) in [6.45, 7) is 3.46. The number of aliphatic hydroxyl groups excluding tert-OH is 1. The fourth-order valence-corrected chi connectivity index (χ4v) is 3.30. The summed E-state index contributed by atoms with van der Waals surface area (Å²) in [6, 6.07) is 3.83. The van der Waals surface area contributed by atoms with E-state index in [-0.39, 0.29) is 12.0 Å². The molecular weight excluding hydrogens is 334 g/mol. The first-order chi connectivity index (χ1) is 11.7. The second kappa shape index (κ2) is 8.36. The third-order valence-electron chi connectivity index (χ3n) is 4.38. The molecule has 2 aliphatic rings. The fourth-order valence-electron chi connectivity index (χ4n) is 3.01. The molecule has 6 nitrogen and oxygen atoms in total. The average Bonchev–Trinajstić information content (AvgIpc) is 2.82. The van der Waals surface area contributed by atoms with Crippen LogP contribution in [0.5, 0.6) is 11.5 Å². The van der Waals surface area contributed by atoms with Crippen molar-refractivity contribution in [2.24, 2.45) is 5.92 Å².